The molecule has 0 heterocycles. The van der Waals surface area contributed by atoms with Gasteiger partial charge in [-0.15, -0.1) is 0 Å². The zero-order chi connectivity index (χ0) is 51.0. The van der Waals surface area contributed by atoms with Gasteiger partial charge in [-0.3, -0.25) is 38.4 Å². The van der Waals surface area contributed by atoms with Crippen molar-refractivity contribution in [2.75, 3.05) is 112 Å². The minimum absolute atomic E-state index is 0.0639. The second-order valence-electron chi connectivity index (χ2n) is 16.0. The molecule has 0 bridgehead atoms. The summed E-state index contributed by atoms with van der Waals surface area (Å²) in [5.74, 6) is -2.44. The van der Waals surface area contributed by atoms with E-state index in [2.05, 4.69) is 31.9 Å². The molecular formula is C46H88N8O14. The van der Waals surface area contributed by atoms with Crippen molar-refractivity contribution in [2.45, 2.75) is 124 Å². The van der Waals surface area contributed by atoms with Gasteiger partial charge in [-0.25, -0.2) is 0 Å². The van der Waals surface area contributed by atoms with Gasteiger partial charge in [0.15, 0.2) is 0 Å². The Morgan fingerprint density at radius 1 is 0.441 bits per heavy atom. The molecule has 68 heavy (non-hydrogen) atoms. The zero-order valence-corrected chi connectivity index (χ0v) is 41.8. The Hall–Kier alpha value is -4.48. The molecule has 0 aromatic carbocycles. The lowest BCUT2D eigenvalue weighted by Gasteiger charge is -2.18. The van der Waals surface area contributed by atoms with E-state index < -0.39 is 11.9 Å². The average molecular weight is 977 g/mol. The molecule has 0 unspecified atom stereocenters. The number of primary amides is 2. The Kier molecular flexibility index (Phi) is 45.9. The Labute approximate surface area is 404 Å². The van der Waals surface area contributed by atoms with Crippen LogP contribution in [0.15, 0.2) is 0 Å². The van der Waals surface area contributed by atoms with Gasteiger partial charge in [0, 0.05) is 77.5 Å². The van der Waals surface area contributed by atoms with Gasteiger partial charge in [0.1, 0.15) is 19.3 Å². The molecule has 0 saturated carbocycles. The van der Waals surface area contributed by atoms with E-state index in [1.165, 1.54) is 6.92 Å². The van der Waals surface area contributed by atoms with Crippen molar-refractivity contribution in [3.63, 3.8) is 0 Å². The van der Waals surface area contributed by atoms with Crippen molar-refractivity contribution in [1.82, 2.24) is 31.9 Å². The maximum Gasteiger partial charge on any atom is 0.246 e. The van der Waals surface area contributed by atoms with Gasteiger partial charge in [-0.1, -0.05) is 33.6 Å². The number of carbonyl (C=O) groups excluding carboxylic acids is 8. The summed E-state index contributed by atoms with van der Waals surface area (Å²) in [4.78, 5) is 93.2. The van der Waals surface area contributed by atoms with Crippen molar-refractivity contribution in [1.29, 1.82) is 0 Å². The molecule has 22 nitrogen and oxygen atoms in total. The van der Waals surface area contributed by atoms with E-state index >= 15 is 0 Å². The molecular weight excluding hydrogens is 889 g/mol. The molecule has 8 amide bonds. The van der Waals surface area contributed by atoms with Gasteiger partial charge in [-0.05, 0) is 64.7 Å². The number of carbonyl (C=O) groups is 8. The third-order valence-electron chi connectivity index (χ3n) is 9.74. The molecule has 0 aromatic heterocycles. The van der Waals surface area contributed by atoms with Crippen LogP contribution in [-0.4, -0.2) is 165 Å². The van der Waals surface area contributed by atoms with E-state index in [9.17, 15) is 38.4 Å². The molecule has 0 aliphatic carbocycles. The van der Waals surface area contributed by atoms with Crippen LogP contribution in [0.1, 0.15) is 118 Å². The monoisotopic (exact) mass is 977 g/mol. The first-order valence-electron chi connectivity index (χ1n) is 24.3. The molecule has 3 atom stereocenters. The largest absolute Gasteiger partial charge is 0.379 e. The fraction of sp³-hybridized carbons (Fsp3) is 0.826. The lowest BCUT2D eigenvalue weighted by atomic mass is 10.0. The summed E-state index contributed by atoms with van der Waals surface area (Å²) in [6.07, 6.45) is 7.78. The number of unbranched alkanes of at least 4 members (excludes halogenated alkanes) is 3. The standard InChI is InChI=1S/C33H61N7O9.C13H27NO5/c1-24(31(34)45)11-4-7-18-38-30(44)23-49-22-21-48-20-19-39-29(43)15-10-14-28(42)37-17-8-5-12-25(2)33(47)40-27(32(35)46)13-6-9-16-36-26(3)41;1-3-6-17-10-11-19-12-13(15)14-5-7-18-9-8-16-4-2/h24-25,27H,4-23H2,1-3H3,(H2,34,45)(H2,35,46)(H,36,41)(H,37,42)(H,38,44)(H,39,43)(H,40,47);3-12H2,1-2H3,(H,14,15)/t24-,25-,27-;/m0./s1. The average Bonchev–Trinajstić information content (AvgIpc) is 3.29. The normalized spacial score (nSPS) is 12.1. The van der Waals surface area contributed by atoms with Crippen molar-refractivity contribution in [3.8, 4) is 0 Å². The molecule has 0 saturated heterocycles. The van der Waals surface area contributed by atoms with E-state index in [4.69, 9.17) is 39.9 Å². The van der Waals surface area contributed by atoms with Crippen LogP contribution in [0.3, 0.4) is 0 Å². The van der Waals surface area contributed by atoms with Crippen LogP contribution < -0.4 is 43.4 Å². The van der Waals surface area contributed by atoms with Crippen molar-refractivity contribution >= 4 is 47.3 Å². The minimum atomic E-state index is -0.756. The molecule has 0 aliphatic heterocycles. The van der Waals surface area contributed by atoms with Gasteiger partial charge in [0.05, 0.1) is 52.9 Å². The van der Waals surface area contributed by atoms with E-state index in [-0.39, 0.29) is 92.5 Å². The highest BCUT2D eigenvalue weighted by molar-refractivity contribution is 5.87. The predicted octanol–water partition coefficient (Wildman–Crippen LogP) is 0.512. The lowest BCUT2D eigenvalue weighted by Crippen LogP contribution is -2.46. The van der Waals surface area contributed by atoms with Crippen LogP contribution in [0.2, 0.25) is 0 Å². The SMILES string of the molecule is CC(=O)NCCCC[C@H](NC(=O)[C@@H](C)CCCCNC(=O)CCCC(=O)NCCOCCOCC(=O)NCCCC[C@H](C)C(N)=O)C(N)=O.CCCOCCOCC(=O)NCCOCCOCC. The molecule has 22 heteroatoms. The zero-order valence-electron chi connectivity index (χ0n) is 41.8. The van der Waals surface area contributed by atoms with Crippen LogP contribution in [0.25, 0.3) is 0 Å². The number of rotatable bonds is 45. The van der Waals surface area contributed by atoms with Gasteiger partial charge in [0.25, 0.3) is 0 Å². The first-order valence-corrected chi connectivity index (χ1v) is 24.3. The molecule has 0 radical (unpaired) electrons. The molecule has 0 rings (SSSR count). The number of nitrogens with one attached hydrogen (secondary N) is 6. The fourth-order valence-corrected chi connectivity index (χ4v) is 5.71. The van der Waals surface area contributed by atoms with Crippen molar-refractivity contribution in [2.24, 2.45) is 23.3 Å². The maximum absolute atomic E-state index is 12.5. The molecule has 0 spiro atoms. The lowest BCUT2D eigenvalue weighted by molar-refractivity contribution is -0.129. The molecule has 0 aromatic rings. The summed E-state index contributed by atoms with van der Waals surface area (Å²) in [7, 11) is 0. The van der Waals surface area contributed by atoms with Crippen LogP contribution in [0.5, 0.6) is 0 Å². The summed E-state index contributed by atoms with van der Waals surface area (Å²) < 4.78 is 31.4. The smallest absolute Gasteiger partial charge is 0.246 e. The topological polar surface area (TPSA) is 316 Å². The molecule has 0 fully saturated rings. The fourth-order valence-electron chi connectivity index (χ4n) is 5.71. The first kappa shape index (κ1) is 65.6. The second kappa shape index (κ2) is 47.6. The number of hydrogen-bond acceptors (Lipinski definition) is 14. The van der Waals surface area contributed by atoms with Crippen LogP contribution in [0, 0.1) is 11.8 Å². The molecule has 10 N–H and O–H groups in total. The van der Waals surface area contributed by atoms with Crippen LogP contribution >= 0.6 is 0 Å². The first-order chi connectivity index (χ1) is 32.6. The highest BCUT2D eigenvalue weighted by Gasteiger charge is 2.21. The van der Waals surface area contributed by atoms with Gasteiger partial charge < -0.3 is 71.8 Å². The number of nitrogens with two attached hydrogens (primary N) is 2. The summed E-state index contributed by atoms with van der Waals surface area (Å²) in [5, 5.41) is 16.4. The van der Waals surface area contributed by atoms with E-state index in [0.717, 1.165) is 25.9 Å². The Morgan fingerprint density at radius 2 is 0.868 bits per heavy atom. The predicted molar refractivity (Wildman–Crippen MR) is 256 cm³/mol. The van der Waals surface area contributed by atoms with E-state index in [1.54, 1.807) is 13.8 Å². The van der Waals surface area contributed by atoms with Crippen LogP contribution in [-0.2, 0) is 66.8 Å². The highest BCUT2D eigenvalue weighted by atomic mass is 16.5. The quantitative estimate of drug-likeness (QED) is 0.0386. The summed E-state index contributed by atoms with van der Waals surface area (Å²) in [6, 6.07) is -0.756. The third kappa shape index (κ3) is 46.6. The number of hydrogen-bond donors (Lipinski definition) is 8. The van der Waals surface area contributed by atoms with E-state index in [0.29, 0.717) is 130 Å². The van der Waals surface area contributed by atoms with Gasteiger partial charge in [-0.2, -0.15) is 0 Å². The second-order valence-corrected chi connectivity index (χ2v) is 16.0. The number of ether oxygens (including phenoxy) is 6. The van der Waals surface area contributed by atoms with Gasteiger partial charge in [0.2, 0.25) is 47.3 Å². The Balaban J connectivity index is 0. The minimum Gasteiger partial charge on any atom is -0.379 e. The maximum atomic E-state index is 12.5. The molecule has 0 aliphatic rings. The molecule has 396 valence electrons. The summed E-state index contributed by atoms with van der Waals surface area (Å²) in [5.41, 5.74) is 10.6. The summed E-state index contributed by atoms with van der Waals surface area (Å²) in [6.45, 7) is 16.1. The third-order valence-corrected chi connectivity index (χ3v) is 9.74. The Bertz CT molecular complexity index is 1360. The summed E-state index contributed by atoms with van der Waals surface area (Å²) >= 11 is 0. The van der Waals surface area contributed by atoms with Crippen LogP contribution in [0.4, 0.5) is 0 Å². The van der Waals surface area contributed by atoms with Crippen molar-refractivity contribution < 1.29 is 66.8 Å². The number of amides is 8. The Morgan fingerprint density at radius 3 is 1.35 bits per heavy atom. The van der Waals surface area contributed by atoms with Gasteiger partial charge >= 0.3 is 0 Å². The van der Waals surface area contributed by atoms with Crippen molar-refractivity contribution in [3.05, 3.63) is 0 Å². The van der Waals surface area contributed by atoms with E-state index in [1.807, 2.05) is 13.8 Å². The highest BCUT2D eigenvalue weighted by Crippen LogP contribution is 2.10.